The van der Waals surface area contributed by atoms with Crippen LogP contribution in [0.25, 0.3) is 0 Å². The van der Waals surface area contributed by atoms with E-state index in [9.17, 15) is 18.0 Å². The highest BCUT2D eigenvalue weighted by molar-refractivity contribution is 7.92. The van der Waals surface area contributed by atoms with E-state index in [0.717, 1.165) is 33.0 Å². The Balaban J connectivity index is 2.06. The van der Waals surface area contributed by atoms with Gasteiger partial charge in [-0.2, -0.15) is 0 Å². The van der Waals surface area contributed by atoms with Crippen molar-refractivity contribution in [2.75, 3.05) is 10.8 Å². The molecule has 3 aromatic carbocycles. The van der Waals surface area contributed by atoms with Crippen LogP contribution < -0.4 is 9.62 Å². The minimum absolute atomic E-state index is 0.0526. The van der Waals surface area contributed by atoms with Crippen LogP contribution in [0, 0.1) is 20.8 Å². The molecular formula is C32H41N3O4S. The van der Waals surface area contributed by atoms with Crippen molar-refractivity contribution in [3.05, 3.63) is 95.1 Å². The Morgan fingerprint density at radius 3 is 2.02 bits per heavy atom. The van der Waals surface area contributed by atoms with Crippen LogP contribution in [0.5, 0.6) is 0 Å². The van der Waals surface area contributed by atoms with Gasteiger partial charge >= 0.3 is 0 Å². The Bertz CT molecular complexity index is 1420. The molecule has 1 N–H and O–H groups in total. The summed E-state index contributed by atoms with van der Waals surface area (Å²) in [4.78, 5) is 29.1. The Kier molecular flexibility index (Phi) is 10.5. The summed E-state index contributed by atoms with van der Waals surface area (Å²) in [5.41, 5.74) is 4.09. The molecule has 8 heteroatoms. The van der Waals surface area contributed by atoms with Gasteiger partial charge in [0.1, 0.15) is 12.6 Å². The molecule has 0 saturated heterocycles. The minimum Gasteiger partial charge on any atom is -0.352 e. The molecule has 7 nitrogen and oxygen atoms in total. The SMILES string of the molecule is CC[C@H](C(=O)N[C@@H](C)CC)N(Cc1cccc(C)c1)C(=O)CN(c1cccc(C)c1)S(=O)(=O)c1ccc(C)cc1. The van der Waals surface area contributed by atoms with E-state index in [0.29, 0.717) is 12.1 Å². The molecule has 40 heavy (non-hydrogen) atoms. The molecule has 2 atom stereocenters. The molecule has 0 fully saturated rings. The number of nitrogens with zero attached hydrogens (tertiary/aromatic N) is 2. The number of hydrogen-bond acceptors (Lipinski definition) is 4. The van der Waals surface area contributed by atoms with E-state index in [1.807, 2.05) is 71.9 Å². The van der Waals surface area contributed by atoms with Gasteiger partial charge in [0.2, 0.25) is 11.8 Å². The van der Waals surface area contributed by atoms with Gasteiger partial charge in [0, 0.05) is 12.6 Å². The van der Waals surface area contributed by atoms with Crippen LogP contribution in [0.4, 0.5) is 5.69 Å². The lowest BCUT2D eigenvalue weighted by Crippen LogP contribution is -2.53. The molecule has 0 radical (unpaired) electrons. The zero-order valence-electron chi connectivity index (χ0n) is 24.3. The van der Waals surface area contributed by atoms with E-state index in [1.165, 1.54) is 4.90 Å². The quantitative estimate of drug-likeness (QED) is 0.314. The molecule has 3 aromatic rings. The molecule has 3 rings (SSSR count). The lowest BCUT2D eigenvalue weighted by molar-refractivity contribution is -0.140. The van der Waals surface area contributed by atoms with Gasteiger partial charge in [0.05, 0.1) is 10.6 Å². The van der Waals surface area contributed by atoms with Crippen molar-refractivity contribution in [1.82, 2.24) is 10.2 Å². The number of rotatable bonds is 12. The summed E-state index contributed by atoms with van der Waals surface area (Å²) in [7, 11) is -4.09. The maximum atomic E-state index is 14.1. The van der Waals surface area contributed by atoms with Crippen LogP contribution >= 0.6 is 0 Å². The van der Waals surface area contributed by atoms with Gasteiger partial charge in [-0.3, -0.25) is 13.9 Å². The van der Waals surface area contributed by atoms with Crippen molar-refractivity contribution in [3.8, 4) is 0 Å². The molecule has 214 valence electrons. The molecule has 0 bridgehead atoms. The second-order valence-corrected chi connectivity index (χ2v) is 12.3. The summed E-state index contributed by atoms with van der Waals surface area (Å²) < 4.78 is 29.0. The first-order valence-electron chi connectivity index (χ1n) is 13.8. The topological polar surface area (TPSA) is 86.8 Å². The van der Waals surface area contributed by atoms with Gasteiger partial charge in [-0.25, -0.2) is 8.42 Å². The van der Waals surface area contributed by atoms with Gasteiger partial charge in [-0.05, 0) is 75.9 Å². The van der Waals surface area contributed by atoms with Crippen LogP contribution in [-0.2, 0) is 26.2 Å². The summed E-state index contributed by atoms with van der Waals surface area (Å²) in [6.45, 7) is 11.2. The first-order valence-corrected chi connectivity index (χ1v) is 15.2. The highest BCUT2D eigenvalue weighted by atomic mass is 32.2. The number of benzene rings is 3. The first kappa shape index (κ1) is 30.9. The predicted octanol–water partition coefficient (Wildman–Crippen LogP) is 5.53. The molecule has 0 aliphatic rings. The molecule has 0 heterocycles. The summed E-state index contributed by atoms with van der Waals surface area (Å²) in [6.07, 6.45) is 1.14. The number of anilines is 1. The minimum atomic E-state index is -4.09. The van der Waals surface area contributed by atoms with E-state index in [1.54, 1.807) is 42.5 Å². The van der Waals surface area contributed by atoms with Crippen LogP contribution in [0.1, 0.15) is 55.9 Å². The first-order chi connectivity index (χ1) is 19.0. The molecule has 0 aliphatic heterocycles. The zero-order chi connectivity index (χ0) is 29.4. The average Bonchev–Trinajstić information content (AvgIpc) is 2.91. The Morgan fingerprint density at radius 1 is 0.825 bits per heavy atom. The van der Waals surface area contributed by atoms with Crippen molar-refractivity contribution in [2.24, 2.45) is 0 Å². The summed E-state index contributed by atoms with van der Waals surface area (Å²) >= 11 is 0. The number of nitrogens with one attached hydrogen (secondary N) is 1. The van der Waals surface area contributed by atoms with Crippen LogP contribution in [0.2, 0.25) is 0 Å². The highest BCUT2D eigenvalue weighted by Crippen LogP contribution is 2.26. The summed E-state index contributed by atoms with van der Waals surface area (Å²) in [5, 5.41) is 3.00. The van der Waals surface area contributed by atoms with Gasteiger partial charge in [0.25, 0.3) is 10.0 Å². The number of amides is 2. The summed E-state index contributed by atoms with van der Waals surface area (Å²) in [6, 6.07) is 20.6. The van der Waals surface area contributed by atoms with Gasteiger partial charge < -0.3 is 10.2 Å². The zero-order valence-corrected chi connectivity index (χ0v) is 25.2. The number of aryl methyl sites for hydroxylation is 3. The van der Waals surface area contributed by atoms with Crippen LogP contribution in [0.3, 0.4) is 0 Å². The second kappa shape index (κ2) is 13.6. The molecular weight excluding hydrogens is 522 g/mol. The van der Waals surface area contributed by atoms with Crippen molar-refractivity contribution in [1.29, 1.82) is 0 Å². The van der Waals surface area contributed by atoms with Gasteiger partial charge in [-0.15, -0.1) is 0 Å². The van der Waals surface area contributed by atoms with E-state index in [2.05, 4.69) is 5.32 Å². The number of hydrogen-bond donors (Lipinski definition) is 1. The van der Waals surface area contributed by atoms with Crippen LogP contribution in [0.15, 0.2) is 77.7 Å². The fourth-order valence-corrected chi connectivity index (χ4v) is 5.92. The van der Waals surface area contributed by atoms with Crippen molar-refractivity contribution >= 4 is 27.5 Å². The molecule has 0 unspecified atom stereocenters. The van der Waals surface area contributed by atoms with Gasteiger partial charge in [-0.1, -0.05) is 73.5 Å². The number of carbonyl (C=O) groups is 2. The van der Waals surface area contributed by atoms with E-state index in [4.69, 9.17) is 0 Å². The maximum Gasteiger partial charge on any atom is 0.264 e. The van der Waals surface area contributed by atoms with E-state index >= 15 is 0 Å². The third-order valence-corrected chi connectivity index (χ3v) is 8.79. The van der Waals surface area contributed by atoms with E-state index in [-0.39, 0.29) is 23.4 Å². The predicted molar refractivity (Wildman–Crippen MR) is 161 cm³/mol. The maximum absolute atomic E-state index is 14.1. The molecule has 0 aromatic heterocycles. The normalized spacial score (nSPS) is 12.8. The van der Waals surface area contributed by atoms with Crippen molar-refractivity contribution < 1.29 is 18.0 Å². The Hall–Kier alpha value is -3.65. The second-order valence-electron chi connectivity index (χ2n) is 10.4. The Morgan fingerprint density at radius 2 is 1.45 bits per heavy atom. The largest absolute Gasteiger partial charge is 0.352 e. The highest BCUT2D eigenvalue weighted by Gasteiger charge is 2.34. The number of sulfonamides is 1. The molecule has 0 aliphatic carbocycles. The third kappa shape index (κ3) is 7.72. The Labute approximate surface area is 239 Å². The van der Waals surface area contributed by atoms with Gasteiger partial charge in [0.15, 0.2) is 0 Å². The molecule has 0 spiro atoms. The lowest BCUT2D eigenvalue weighted by atomic mass is 10.1. The average molecular weight is 564 g/mol. The monoisotopic (exact) mass is 563 g/mol. The smallest absolute Gasteiger partial charge is 0.264 e. The van der Waals surface area contributed by atoms with Crippen LogP contribution in [-0.4, -0.2) is 43.8 Å². The fraction of sp³-hybridized carbons (Fsp3) is 0.375. The van der Waals surface area contributed by atoms with Crippen molar-refractivity contribution in [3.63, 3.8) is 0 Å². The lowest BCUT2D eigenvalue weighted by Gasteiger charge is -2.34. The third-order valence-electron chi connectivity index (χ3n) is 7.00. The standard InChI is InChI=1S/C32H41N3O4S/c1-7-26(6)33-32(37)30(8-2)34(21-27-13-9-11-24(4)19-27)31(36)22-35(28-14-10-12-25(5)20-28)40(38,39)29-17-15-23(3)16-18-29/h9-20,26,30H,7-8,21-22H2,1-6H3,(H,33,37)/t26-,30+/m0/s1. The summed E-state index contributed by atoms with van der Waals surface area (Å²) in [5.74, 6) is -0.703. The molecule has 0 saturated carbocycles. The fourth-order valence-electron chi connectivity index (χ4n) is 4.52. The van der Waals surface area contributed by atoms with Crippen molar-refractivity contribution in [2.45, 2.75) is 77.9 Å². The molecule has 2 amide bonds. The number of carbonyl (C=O) groups excluding carboxylic acids is 2. The van der Waals surface area contributed by atoms with E-state index < -0.39 is 28.5 Å².